The van der Waals surface area contributed by atoms with E-state index < -0.39 is 0 Å². The zero-order valence-electron chi connectivity index (χ0n) is 18.4. The standard InChI is InChI=1S/C23H26FN3O4/c1-23(2,3)19-13-20(27(26-19)16-9-7-15(24)8-10-16)25-22(28)14-11-17(29-4)21(31-6)18(12-14)30-5/h7-13H,1-6H3,(H,25,28). The van der Waals surface area contributed by atoms with Crippen molar-refractivity contribution in [2.24, 2.45) is 0 Å². The Kier molecular flexibility index (Phi) is 6.19. The number of hydrogen-bond acceptors (Lipinski definition) is 5. The summed E-state index contributed by atoms with van der Waals surface area (Å²) in [6.45, 7) is 6.07. The highest BCUT2D eigenvalue weighted by molar-refractivity contribution is 6.04. The Bertz CT molecular complexity index is 1060. The van der Waals surface area contributed by atoms with Gasteiger partial charge in [0.15, 0.2) is 11.5 Å². The molecule has 31 heavy (non-hydrogen) atoms. The van der Waals surface area contributed by atoms with Gasteiger partial charge in [-0.25, -0.2) is 9.07 Å². The van der Waals surface area contributed by atoms with Crippen LogP contribution >= 0.6 is 0 Å². The number of nitrogens with zero attached hydrogens (tertiary/aromatic N) is 2. The minimum Gasteiger partial charge on any atom is -0.493 e. The lowest BCUT2D eigenvalue weighted by molar-refractivity contribution is 0.102. The highest BCUT2D eigenvalue weighted by Crippen LogP contribution is 2.38. The van der Waals surface area contributed by atoms with Gasteiger partial charge in [-0.1, -0.05) is 20.8 Å². The molecular weight excluding hydrogens is 401 g/mol. The molecule has 0 fully saturated rings. The van der Waals surface area contributed by atoms with Gasteiger partial charge in [0.1, 0.15) is 11.6 Å². The number of amides is 1. The summed E-state index contributed by atoms with van der Waals surface area (Å²) in [5, 5.41) is 7.52. The van der Waals surface area contributed by atoms with Gasteiger partial charge in [0, 0.05) is 17.0 Å². The number of rotatable bonds is 6. The fourth-order valence-electron chi connectivity index (χ4n) is 3.02. The van der Waals surface area contributed by atoms with Crippen molar-refractivity contribution >= 4 is 11.7 Å². The van der Waals surface area contributed by atoms with Crippen LogP contribution in [-0.2, 0) is 5.41 Å². The molecule has 2 aromatic carbocycles. The summed E-state index contributed by atoms with van der Waals surface area (Å²) >= 11 is 0. The van der Waals surface area contributed by atoms with Gasteiger partial charge in [0.2, 0.25) is 5.75 Å². The molecule has 0 spiro atoms. The van der Waals surface area contributed by atoms with Crippen molar-refractivity contribution in [2.75, 3.05) is 26.6 Å². The van der Waals surface area contributed by atoms with Gasteiger partial charge in [0.05, 0.1) is 32.7 Å². The molecule has 1 N–H and O–H groups in total. The Morgan fingerprint density at radius 2 is 1.55 bits per heavy atom. The Labute approximate surface area is 180 Å². The van der Waals surface area contributed by atoms with Crippen LogP contribution in [0.5, 0.6) is 17.2 Å². The van der Waals surface area contributed by atoms with Crippen molar-refractivity contribution in [3.63, 3.8) is 0 Å². The third-order valence-corrected chi connectivity index (χ3v) is 4.72. The number of methoxy groups -OCH3 is 3. The number of halogens is 1. The molecule has 0 saturated heterocycles. The van der Waals surface area contributed by atoms with Gasteiger partial charge < -0.3 is 19.5 Å². The zero-order valence-corrected chi connectivity index (χ0v) is 18.4. The number of benzene rings is 2. The first-order valence-corrected chi connectivity index (χ1v) is 9.65. The molecule has 0 aliphatic heterocycles. The first-order chi connectivity index (χ1) is 14.7. The summed E-state index contributed by atoms with van der Waals surface area (Å²) in [6, 6.07) is 10.8. The summed E-state index contributed by atoms with van der Waals surface area (Å²) in [5.41, 5.74) is 1.46. The lowest BCUT2D eigenvalue weighted by Gasteiger charge is -2.14. The Balaban J connectivity index is 2.03. The van der Waals surface area contributed by atoms with Gasteiger partial charge in [-0.2, -0.15) is 5.10 Å². The average Bonchev–Trinajstić information content (AvgIpc) is 3.17. The van der Waals surface area contributed by atoms with Crippen molar-refractivity contribution in [1.29, 1.82) is 0 Å². The monoisotopic (exact) mass is 427 g/mol. The molecule has 0 radical (unpaired) electrons. The first kappa shape index (κ1) is 22.1. The largest absolute Gasteiger partial charge is 0.493 e. The van der Waals surface area contributed by atoms with E-state index in [0.717, 1.165) is 5.69 Å². The molecule has 1 heterocycles. The molecule has 0 atom stereocenters. The molecule has 1 amide bonds. The van der Waals surface area contributed by atoms with E-state index in [4.69, 9.17) is 14.2 Å². The normalized spacial score (nSPS) is 11.2. The quantitative estimate of drug-likeness (QED) is 0.623. The van der Waals surface area contributed by atoms with E-state index in [9.17, 15) is 9.18 Å². The van der Waals surface area contributed by atoms with Crippen LogP contribution in [-0.4, -0.2) is 37.0 Å². The van der Waals surface area contributed by atoms with Crippen LogP contribution in [0.2, 0.25) is 0 Å². The minimum absolute atomic E-state index is 0.253. The number of ether oxygens (including phenoxy) is 3. The molecular formula is C23H26FN3O4. The van der Waals surface area contributed by atoms with E-state index in [1.807, 2.05) is 20.8 Å². The summed E-state index contributed by atoms with van der Waals surface area (Å²) in [5.74, 6) is 0.852. The van der Waals surface area contributed by atoms with E-state index in [-0.39, 0.29) is 17.1 Å². The Hall–Kier alpha value is -3.55. The van der Waals surface area contributed by atoms with Crippen LogP contribution in [0.3, 0.4) is 0 Å². The number of nitrogens with one attached hydrogen (secondary N) is 1. The molecule has 0 unspecified atom stereocenters. The lowest BCUT2D eigenvalue weighted by atomic mass is 9.92. The fraction of sp³-hybridized carbons (Fsp3) is 0.304. The zero-order chi connectivity index (χ0) is 22.8. The molecule has 3 rings (SSSR count). The highest BCUT2D eigenvalue weighted by atomic mass is 19.1. The van der Waals surface area contributed by atoms with Gasteiger partial charge >= 0.3 is 0 Å². The van der Waals surface area contributed by atoms with Crippen molar-refractivity contribution in [2.45, 2.75) is 26.2 Å². The second-order valence-electron chi connectivity index (χ2n) is 7.92. The molecule has 0 aliphatic carbocycles. The van der Waals surface area contributed by atoms with Crippen molar-refractivity contribution in [3.05, 3.63) is 59.5 Å². The summed E-state index contributed by atoms with van der Waals surface area (Å²) in [7, 11) is 4.46. The molecule has 0 saturated carbocycles. The molecule has 3 aromatic rings. The third-order valence-electron chi connectivity index (χ3n) is 4.72. The van der Waals surface area contributed by atoms with Gasteiger partial charge in [0.25, 0.3) is 5.91 Å². The van der Waals surface area contributed by atoms with Gasteiger partial charge in [-0.05, 0) is 36.4 Å². The van der Waals surface area contributed by atoms with Crippen molar-refractivity contribution < 1.29 is 23.4 Å². The second-order valence-corrected chi connectivity index (χ2v) is 7.92. The first-order valence-electron chi connectivity index (χ1n) is 9.65. The van der Waals surface area contributed by atoms with Crippen LogP contribution in [0, 0.1) is 5.82 Å². The molecule has 0 bridgehead atoms. The van der Waals surface area contributed by atoms with Gasteiger partial charge in [-0.15, -0.1) is 0 Å². The van der Waals surface area contributed by atoms with E-state index in [2.05, 4.69) is 10.4 Å². The third kappa shape index (κ3) is 4.63. The predicted octanol–water partition coefficient (Wildman–Crippen LogP) is 4.59. The smallest absolute Gasteiger partial charge is 0.257 e. The average molecular weight is 427 g/mol. The predicted molar refractivity (Wildman–Crippen MR) is 116 cm³/mol. The molecule has 7 nitrogen and oxygen atoms in total. The SMILES string of the molecule is COc1cc(C(=O)Nc2cc(C(C)(C)C)nn2-c2ccc(F)cc2)cc(OC)c1OC. The Morgan fingerprint density at radius 1 is 0.968 bits per heavy atom. The van der Waals surface area contributed by atoms with Crippen LogP contribution in [0.4, 0.5) is 10.2 Å². The number of carbonyl (C=O) groups is 1. The minimum atomic E-state index is -0.386. The fourth-order valence-corrected chi connectivity index (χ4v) is 3.02. The maximum atomic E-state index is 13.4. The van der Waals surface area contributed by atoms with E-state index in [1.165, 1.54) is 33.5 Å². The molecule has 1 aromatic heterocycles. The topological polar surface area (TPSA) is 74.6 Å². The van der Waals surface area contributed by atoms with E-state index >= 15 is 0 Å². The molecule has 0 aliphatic rings. The van der Waals surface area contributed by atoms with Gasteiger partial charge in [-0.3, -0.25) is 4.79 Å². The second kappa shape index (κ2) is 8.67. The number of hydrogen-bond donors (Lipinski definition) is 1. The van der Waals surface area contributed by atoms with E-state index in [1.54, 1.807) is 35.0 Å². The van der Waals surface area contributed by atoms with E-state index in [0.29, 0.717) is 34.3 Å². The lowest BCUT2D eigenvalue weighted by Crippen LogP contribution is -2.15. The molecule has 8 heteroatoms. The highest BCUT2D eigenvalue weighted by Gasteiger charge is 2.23. The summed E-state index contributed by atoms with van der Waals surface area (Å²) < 4.78 is 31.0. The van der Waals surface area contributed by atoms with Crippen LogP contribution in [0.1, 0.15) is 36.8 Å². The number of anilines is 1. The van der Waals surface area contributed by atoms with Crippen LogP contribution in [0.25, 0.3) is 5.69 Å². The number of aromatic nitrogens is 2. The van der Waals surface area contributed by atoms with Crippen molar-refractivity contribution in [1.82, 2.24) is 9.78 Å². The van der Waals surface area contributed by atoms with Crippen LogP contribution in [0.15, 0.2) is 42.5 Å². The Morgan fingerprint density at radius 3 is 2.03 bits per heavy atom. The summed E-state index contributed by atoms with van der Waals surface area (Å²) in [6.07, 6.45) is 0. The maximum Gasteiger partial charge on any atom is 0.257 e. The molecule has 164 valence electrons. The number of carbonyl (C=O) groups excluding carboxylic acids is 1. The maximum absolute atomic E-state index is 13.4. The summed E-state index contributed by atoms with van der Waals surface area (Å²) in [4.78, 5) is 13.1. The van der Waals surface area contributed by atoms with Crippen molar-refractivity contribution in [3.8, 4) is 22.9 Å². The van der Waals surface area contributed by atoms with Crippen LogP contribution < -0.4 is 19.5 Å².